The molecule has 0 saturated heterocycles. The fraction of sp³-hybridized carbons (Fsp3) is 0.684. The Morgan fingerprint density at radius 1 is 1.10 bits per heavy atom. The van der Waals surface area contributed by atoms with Gasteiger partial charge in [-0.2, -0.15) is 0 Å². The molecule has 3 rings (SSSR count). The number of nitrogens with zero attached hydrogens (tertiary/aromatic N) is 1. The van der Waals surface area contributed by atoms with E-state index in [0.717, 1.165) is 24.5 Å². The van der Waals surface area contributed by atoms with Crippen molar-refractivity contribution in [2.24, 2.45) is 5.92 Å². The maximum Gasteiger partial charge on any atom is 0.0472 e. The third-order valence-corrected chi connectivity index (χ3v) is 5.44. The second kappa shape index (κ2) is 6.93. The molecule has 116 valence electrons. The topological polar surface area (TPSA) is 15.3 Å². The summed E-state index contributed by atoms with van der Waals surface area (Å²) in [7, 11) is 2.35. The smallest absolute Gasteiger partial charge is 0.0472 e. The number of hydrogen-bond donors (Lipinski definition) is 1. The molecule has 2 fully saturated rings. The van der Waals surface area contributed by atoms with Crippen LogP contribution in [0.5, 0.6) is 0 Å². The van der Waals surface area contributed by atoms with E-state index in [0.29, 0.717) is 6.04 Å². The molecule has 1 aromatic rings. The minimum absolute atomic E-state index is 0.511. The van der Waals surface area contributed by atoms with Gasteiger partial charge in [0.1, 0.15) is 0 Å². The third kappa shape index (κ3) is 3.87. The van der Waals surface area contributed by atoms with E-state index in [4.69, 9.17) is 0 Å². The van der Waals surface area contributed by atoms with Crippen molar-refractivity contribution >= 4 is 0 Å². The number of rotatable bonds is 6. The van der Waals surface area contributed by atoms with Crippen molar-refractivity contribution in [2.45, 2.75) is 63.6 Å². The Kier molecular flexibility index (Phi) is 4.97. The molecule has 0 spiro atoms. The minimum Gasteiger partial charge on any atom is -0.312 e. The van der Waals surface area contributed by atoms with Crippen LogP contribution in [0.25, 0.3) is 0 Å². The zero-order chi connectivity index (χ0) is 14.7. The summed E-state index contributed by atoms with van der Waals surface area (Å²) in [6.45, 7) is 3.53. The summed E-state index contributed by atoms with van der Waals surface area (Å²) in [6.07, 6.45) is 8.31. The molecule has 2 aliphatic carbocycles. The van der Waals surface area contributed by atoms with E-state index in [1.54, 1.807) is 0 Å². The van der Waals surface area contributed by atoms with Crippen LogP contribution in [0.15, 0.2) is 30.3 Å². The van der Waals surface area contributed by atoms with E-state index in [9.17, 15) is 0 Å². The summed E-state index contributed by atoms with van der Waals surface area (Å²) in [4.78, 5) is 2.66. The fourth-order valence-corrected chi connectivity index (χ4v) is 3.87. The molecule has 0 aliphatic heterocycles. The van der Waals surface area contributed by atoms with E-state index in [1.807, 2.05) is 0 Å². The minimum atomic E-state index is 0.511. The SMILES string of the molecule is CC1CCCCC1N(C)C(CNC1CC1)c1ccccc1. The molecular weight excluding hydrogens is 256 g/mol. The number of likely N-dealkylation sites (N-methyl/N-ethyl adjacent to an activating group) is 1. The lowest BCUT2D eigenvalue weighted by molar-refractivity contribution is 0.0949. The summed E-state index contributed by atoms with van der Waals surface area (Å²) in [6, 6.07) is 13.1. The van der Waals surface area contributed by atoms with E-state index in [1.165, 1.54) is 44.1 Å². The Morgan fingerprint density at radius 2 is 1.81 bits per heavy atom. The summed E-state index contributed by atoms with van der Waals surface area (Å²) in [5.74, 6) is 0.830. The molecule has 2 nitrogen and oxygen atoms in total. The molecule has 1 N–H and O–H groups in total. The van der Waals surface area contributed by atoms with Gasteiger partial charge in [0.15, 0.2) is 0 Å². The third-order valence-electron chi connectivity index (χ3n) is 5.44. The maximum absolute atomic E-state index is 3.75. The summed E-state index contributed by atoms with van der Waals surface area (Å²) in [5, 5.41) is 3.75. The van der Waals surface area contributed by atoms with Gasteiger partial charge in [0.05, 0.1) is 0 Å². The molecule has 1 aromatic carbocycles. The molecule has 2 saturated carbocycles. The first-order valence-electron chi connectivity index (χ1n) is 8.76. The summed E-state index contributed by atoms with van der Waals surface area (Å²) in [5.41, 5.74) is 1.46. The Morgan fingerprint density at radius 3 is 2.48 bits per heavy atom. The molecule has 0 bridgehead atoms. The van der Waals surface area contributed by atoms with Crippen LogP contribution in [-0.2, 0) is 0 Å². The Hall–Kier alpha value is -0.860. The Labute approximate surface area is 129 Å². The molecule has 21 heavy (non-hydrogen) atoms. The van der Waals surface area contributed by atoms with Crippen molar-refractivity contribution in [3.05, 3.63) is 35.9 Å². The molecule has 2 aliphatic rings. The highest BCUT2D eigenvalue weighted by atomic mass is 15.2. The molecule has 0 radical (unpaired) electrons. The van der Waals surface area contributed by atoms with Gasteiger partial charge in [0.25, 0.3) is 0 Å². The van der Waals surface area contributed by atoms with Crippen molar-refractivity contribution in [2.75, 3.05) is 13.6 Å². The van der Waals surface area contributed by atoms with Crippen LogP contribution in [0, 0.1) is 5.92 Å². The first-order chi connectivity index (χ1) is 10.3. The van der Waals surface area contributed by atoms with Crippen molar-refractivity contribution < 1.29 is 0 Å². The van der Waals surface area contributed by atoms with Crippen LogP contribution in [-0.4, -0.2) is 30.6 Å². The zero-order valence-electron chi connectivity index (χ0n) is 13.6. The fourth-order valence-electron chi connectivity index (χ4n) is 3.87. The monoisotopic (exact) mass is 286 g/mol. The van der Waals surface area contributed by atoms with Crippen molar-refractivity contribution in [1.29, 1.82) is 0 Å². The van der Waals surface area contributed by atoms with Gasteiger partial charge in [-0.1, -0.05) is 50.1 Å². The Balaban J connectivity index is 1.72. The summed E-state index contributed by atoms with van der Waals surface area (Å²) < 4.78 is 0. The predicted octanol–water partition coefficient (Wildman–Crippen LogP) is 3.99. The van der Waals surface area contributed by atoms with Crippen LogP contribution in [0.3, 0.4) is 0 Å². The number of hydrogen-bond acceptors (Lipinski definition) is 2. The highest BCUT2D eigenvalue weighted by molar-refractivity contribution is 5.20. The molecule has 0 amide bonds. The van der Waals surface area contributed by atoms with Crippen LogP contribution < -0.4 is 5.32 Å². The van der Waals surface area contributed by atoms with Gasteiger partial charge >= 0.3 is 0 Å². The first kappa shape index (κ1) is 15.1. The molecule has 0 aromatic heterocycles. The Bertz CT molecular complexity index is 426. The predicted molar refractivity (Wildman–Crippen MR) is 89.4 cm³/mol. The molecular formula is C19H30N2. The number of nitrogens with one attached hydrogen (secondary N) is 1. The van der Waals surface area contributed by atoms with Gasteiger partial charge in [0.2, 0.25) is 0 Å². The van der Waals surface area contributed by atoms with E-state index in [2.05, 4.69) is 54.5 Å². The quantitative estimate of drug-likeness (QED) is 0.850. The van der Waals surface area contributed by atoms with E-state index >= 15 is 0 Å². The van der Waals surface area contributed by atoms with Crippen LogP contribution in [0.4, 0.5) is 0 Å². The molecule has 0 heterocycles. The molecule has 3 unspecified atom stereocenters. The number of benzene rings is 1. The van der Waals surface area contributed by atoms with Gasteiger partial charge in [-0.3, -0.25) is 4.90 Å². The average molecular weight is 286 g/mol. The van der Waals surface area contributed by atoms with Gasteiger partial charge in [-0.15, -0.1) is 0 Å². The van der Waals surface area contributed by atoms with Crippen LogP contribution in [0.2, 0.25) is 0 Å². The van der Waals surface area contributed by atoms with E-state index < -0.39 is 0 Å². The highest BCUT2D eigenvalue weighted by Gasteiger charge is 2.31. The summed E-state index contributed by atoms with van der Waals surface area (Å²) >= 11 is 0. The second-order valence-corrected chi connectivity index (χ2v) is 7.10. The standard InChI is InChI=1S/C19H30N2/c1-15-8-6-7-11-18(15)21(2)19(14-20-17-12-13-17)16-9-4-3-5-10-16/h3-5,9-10,15,17-20H,6-8,11-14H2,1-2H3. The lowest BCUT2D eigenvalue weighted by atomic mass is 9.84. The van der Waals surface area contributed by atoms with Gasteiger partial charge in [-0.05, 0) is 44.2 Å². The zero-order valence-corrected chi connectivity index (χ0v) is 13.6. The highest BCUT2D eigenvalue weighted by Crippen LogP contribution is 2.32. The van der Waals surface area contributed by atoms with Crippen molar-refractivity contribution in [1.82, 2.24) is 10.2 Å². The van der Waals surface area contributed by atoms with Gasteiger partial charge < -0.3 is 5.32 Å². The first-order valence-corrected chi connectivity index (χ1v) is 8.76. The van der Waals surface area contributed by atoms with E-state index in [-0.39, 0.29) is 0 Å². The normalized spacial score (nSPS) is 27.8. The largest absolute Gasteiger partial charge is 0.312 e. The lowest BCUT2D eigenvalue weighted by Gasteiger charge is -2.41. The van der Waals surface area contributed by atoms with Gasteiger partial charge in [-0.25, -0.2) is 0 Å². The van der Waals surface area contributed by atoms with Crippen molar-refractivity contribution in [3.8, 4) is 0 Å². The van der Waals surface area contributed by atoms with Crippen molar-refractivity contribution in [3.63, 3.8) is 0 Å². The molecule has 3 atom stereocenters. The lowest BCUT2D eigenvalue weighted by Crippen LogP contribution is -2.44. The maximum atomic E-state index is 3.75. The van der Waals surface area contributed by atoms with Gasteiger partial charge in [0, 0.05) is 24.7 Å². The second-order valence-electron chi connectivity index (χ2n) is 7.10. The van der Waals surface area contributed by atoms with Crippen LogP contribution in [0.1, 0.15) is 57.1 Å². The molecule has 2 heteroatoms. The average Bonchev–Trinajstić information content (AvgIpc) is 3.33. The van der Waals surface area contributed by atoms with Crippen LogP contribution >= 0.6 is 0 Å².